The summed E-state index contributed by atoms with van der Waals surface area (Å²) in [4.78, 5) is 134. The Hall–Kier alpha value is -8.19. The molecule has 11 amide bonds. The van der Waals surface area contributed by atoms with Crippen LogP contribution >= 0.6 is 0 Å². The van der Waals surface area contributed by atoms with Crippen molar-refractivity contribution in [3.05, 3.63) is 107 Å². The molecule has 0 spiro atoms. The van der Waals surface area contributed by atoms with Gasteiger partial charge in [-0.2, -0.15) is 0 Å². The summed E-state index contributed by atoms with van der Waals surface area (Å²) in [5.41, 5.74) is 6.24. The SMILES string of the molecule is CN[C@H](C(=O)N[C@H](C(=O)N(C)[C@H](/C=C(\C)C(=O)NS(=O)(=O)c1ccc(CNC(=O)OCc2ccc(NC(=O)[C@H](CCCNC(N)=O)NC(=O)[C@@H](NC(=O)CCCCCN3C(=O)CC(C4CC4)C3=O)C(C)C)cc2)cc1)C(C)C)C(C)(C)C)C(C)(C)c1ccccc1. The van der Waals surface area contributed by atoms with E-state index in [1.807, 2.05) is 78.8 Å². The molecule has 498 valence electrons. The Bertz CT molecular complexity index is 3200. The number of imide groups is 1. The van der Waals surface area contributed by atoms with Crippen LogP contribution in [0.5, 0.6) is 0 Å². The van der Waals surface area contributed by atoms with Gasteiger partial charge in [-0.1, -0.05) is 129 Å². The molecule has 0 radical (unpaired) electrons. The number of likely N-dealkylation sites (tertiary alicyclic amines) is 1. The van der Waals surface area contributed by atoms with E-state index in [1.54, 1.807) is 52.2 Å². The van der Waals surface area contributed by atoms with Crippen LogP contribution in [0.1, 0.15) is 144 Å². The van der Waals surface area contributed by atoms with E-state index in [2.05, 4.69) is 41.9 Å². The molecule has 1 saturated heterocycles. The lowest BCUT2D eigenvalue weighted by atomic mass is 9.76. The van der Waals surface area contributed by atoms with Crippen LogP contribution in [0.3, 0.4) is 0 Å². The third-order valence-electron chi connectivity index (χ3n) is 16.6. The normalized spacial score (nSPS) is 16.2. The molecule has 3 aromatic rings. The van der Waals surface area contributed by atoms with E-state index in [0.29, 0.717) is 48.5 Å². The average molecular weight is 1280 g/mol. The largest absolute Gasteiger partial charge is 0.445 e. The zero-order chi connectivity index (χ0) is 67.5. The van der Waals surface area contributed by atoms with Gasteiger partial charge in [0.15, 0.2) is 0 Å². The van der Waals surface area contributed by atoms with E-state index in [0.717, 1.165) is 18.4 Å². The van der Waals surface area contributed by atoms with Gasteiger partial charge in [-0.3, -0.25) is 43.3 Å². The van der Waals surface area contributed by atoms with Gasteiger partial charge in [-0.15, -0.1) is 0 Å². The molecule has 25 heteroatoms. The highest BCUT2D eigenvalue weighted by atomic mass is 32.2. The number of hydrogen-bond donors (Lipinski definition) is 9. The van der Waals surface area contributed by atoms with Gasteiger partial charge >= 0.3 is 12.1 Å². The molecule has 0 aromatic heterocycles. The summed E-state index contributed by atoms with van der Waals surface area (Å²) in [5.74, 6) is -3.91. The summed E-state index contributed by atoms with van der Waals surface area (Å²) < 4.78 is 34.5. The highest BCUT2D eigenvalue weighted by Crippen LogP contribution is 2.42. The number of amides is 11. The van der Waals surface area contributed by atoms with Crippen molar-refractivity contribution in [1.29, 1.82) is 0 Å². The molecule has 1 aliphatic heterocycles. The molecule has 0 bridgehead atoms. The molecule has 1 aliphatic carbocycles. The van der Waals surface area contributed by atoms with Crippen LogP contribution in [0.2, 0.25) is 0 Å². The molecule has 1 saturated carbocycles. The zero-order valence-corrected chi connectivity index (χ0v) is 55.5. The van der Waals surface area contributed by atoms with Crippen molar-refractivity contribution < 1.29 is 61.1 Å². The maximum atomic E-state index is 14.4. The molecule has 2 fully saturated rings. The maximum Gasteiger partial charge on any atom is 0.407 e. The van der Waals surface area contributed by atoms with Gasteiger partial charge in [0.05, 0.1) is 22.9 Å². The molecule has 5 rings (SSSR count). The van der Waals surface area contributed by atoms with E-state index in [4.69, 9.17) is 10.5 Å². The number of carbonyl (C=O) groups excluding carboxylic acids is 10. The lowest BCUT2D eigenvalue weighted by Gasteiger charge is -2.40. The number of nitrogens with two attached hydrogens (primary N) is 1. The van der Waals surface area contributed by atoms with Crippen molar-refractivity contribution in [3.8, 4) is 0 Å². The molecular formula is C66H95N11O13S. The van der Waals surface area contributed by atoms with Crippen molar-refractivity contribution >= 4 is 75.1 Å². The van der Waals surface area contributed by atoms with Crippen LogP contribution in [-0.2, 0) is 71.7 Å². The van der Waals surface area contributed by atoms with Crippen LogP contribution in [0.4, 0.5) is 15.3 Å². The van der Waals surface area contributed by atoms with Crippen LogP contribution in [0.25, 0.3) is 0 Å². The van der Waals surface area contributed by atoms with E-state index in [1.165, 1.54) is 47.1 Å². The number of carbonyl (C=O) groups is 10. The fourth-order valence-electron chi connectivity index (χ4n) is 10.9. The molecule has 6 atom stereocenters. The summed E-state index contributed by atoms with van der Waals surface area (Å²) in [7, 11) is -1.11. The lowest BCUT2D eigenvalue weighted by Crippen LogP contribution is -2.61. The minimum atomic E-state index is -4.39. The van der Waals surface area contributed by atoms with Crippen LogP contribution in [0.15, 0.2) is 95.4 Å². The van der Waals surface area contributed by atoms with Gasteiger partial charge in [0.25, 0.3) is 15.9 Å². The Labute approximate surface area is 535 Å². The number of urea groups is 1. The number of primary amides is 1. The number of nitrogens with zero attached hydrogens (tertiary/aromatic N) is 2. The fourth-order valence-corrected chi connectivity index (χ4v) is 11.9. The summed E-state index contributed by atoms with van der Waals surface area (Å²) in [5, 5.41) is 19.5. The highest BCUT2D eigenvalue weighted by molar-refractivity contribution is 7.90. The Morgan fingerprint density at radius 3 is 1.98 bits per heavy atom. The quantitative estimate of drug-likeness (QED) is 0.0198. The lowest BCUT2D eigenvalue weighted by molar-refractivity contribution is -0.141. The Morgan fingerprint density at radius 1 is 0.758 bits per heavy atom. The van der Waals surface area contributed by atoms with Crippen LogP contribution < -0.4 is 47.7 Å². The molecule has 1 unspecified atom stereocenters. The first-order valence-corrected chi connectivity index (χ1v) is 32.7. The van der Waals surface area contributed by atoms with E-state index >= 15 is 0 Å². The summed E-state index contributed by atoms with van der Waals surface area (Å²) >= 11 is 0. The average Bonchev–Trinajstić information content (AvgIpc) is 2.02. The number of sulfonamides is 1. The predicted octanol–water partition coefficient (Wildman–Crippen LogP) is 5.80. The van der Waals surface area contributed by atoms with Crippen molar-refractivity contribution in [2.45, 2.75) is 181 Å². The van der Waals surface area contributed by atoms with Crippen molar-refractivity contribution in [2.24, 2.45) is 34.8 Å². The summed E-state index contributed by atoms with van der Waals surface area (Å²) in [6.07, 6.45) is 5.09. The van der Waals surface area contributed by atoms with Crippen molar-refractivity contribution in [2.75, 3.05) is 32.5 Å². The first-order chi connectivity index (χ1) is 42.7. The van der Waals surface area contributed by atoms with Crippen LogP contribution in [0, 0.1) is 29.1 Å². The molecular weight excluding hydrogens is 1190 g/mol. The van der Waals surface area contributed by atoms with Gasteiger partial charge < -0.3 is 52.6 Å². The van der Waals surface area contributed by atoms with Gasteiger partial charge in [0.2, 0.25) is 41.4 Å². The second kappa shape index (κ2) is 33.2. The smallest absolute Gasteiger partial charge is 0.407 e. The van der Waals surface area contributed by atoms with Crippen molar-refractivity contribution in [1.82, 2.24) is 46.4 Å². The number of likely N-dealkylation sites (N-methyl/N-ethyl adjacent to an activating group) is 2. The van der Waals surface area contributed by atoms with Crippen LogP contribution in [-0.4, -0.2) is 135 Å². The maximum absolute atomic E-state index is 14.4. The van der Waals surface area contributed by atoms with E-state index in [-0.39, 0.29) is 97.2 Å². The molecule has 91 heavy (non-hydrogen) atoms. The van der Waals surface area contributed by atoms with Gasteiger partial charge in [0.1, 0.15) is 24.7 Å². The zero-order valence-electron chi connectivity index (χ0n) is 54.7. The Balaban J connectivity index is 1.09. The number of nitrogens with one attached hydrogen (secondary N) is 8. The second-order valence-electron chi connectivity index (χ2n) is 26.0. The molecule has 3 aromatic carbocycles. The predicted molar refractivity (Wildman–Crippen MR) is 344 cm³/mol. The first-order valence-electron chi connectivity index (χ1n) is 31.2. The number of benzene rings is 3. The topological polar surface area (TPSA) is 343 Å². The number of unbranched alkanes of at least 4 members (excludes halogenated alkanes) is 2. The summed E-state index contributed by atoms with van der Waals surface area (Å²) in [6, 6.07) is 16.3. The molecule has 2 aliphatic rings. The third-order valence-corrected chi connectivity index (χ3v) is 17.9. The van der Waals surface area contributed by atoms with Gasteiger partial charge in [-0.25, -0.2) is 22.7 Å². The van der Waals surface area contributed by atoms with E-state index in [9.17, 15) is 56.4 Å². The second-order valence-corrected chi connectivity index (χ2v) is 27.7. The molecule has 24 nitrogen and oxygen atoms in total. The monoisotopic (exact) mass is 1280 g/mol. The number of alkyl carbamates (subject to hydrolysis) is 1. The standard InChI is InChI=1S/C66H95N11O13S/c1-40(2)51(76(12)62(85)56(65(6,7)8)74-60(83)55(68-11)66(9,10)46-20-15-13-16-21-46)36-42(5)57(80)75-91(88,89)48-32-26-43(27-33-48)38-70-64(87)90-39-44-24-30-47(31-25-44)71-58(81)50(22-19-34-69-63(67)86)72-59(82)54(41(3)4)73-52(78)23-17-14-18-35-77-53(79)37-49(61(77)84)45-28-29-45/h13,15-16,20-21,24-27,30-33,36,40-41,45,49-51,54-56,68H,14,17-19,22-23,28-29,34-35,37-39H2,1-12H3,(H,70,87)(H,71,81)(H,72,82)(H,73,78)(H,74,83)(H,75,80)(H3,67,69,86)/b42-36+/t49?,50-,51+,54-,55+,56+/m0/s1. The Kier molecular flexibility index (Phi) is 26.8. The highest BCUT2D eigenvalue weighted by Gasteiger charge is 2.46. The number of anilines is 1. The molecule has 10 N–H and O–H groups in total. The van der Waals surface area contributed by atoms with E-state index < -0.39 is 86.8 Å². The fraction of sp³-hybridized carbons (Fsp3) is 0.545. The number of ether oxygens (including phenoxy) is 1. The molecule has 1 heterocycles. The Morgan fingerprint density at radius 2 is 1.40 bits per heavy atom. The minimum absolute atomic E-state index is 0.0358. The first kappa shape index (κ1) is 73.5. The number of rotatable bonds is 33. The van der Waals surface area contributed by atoms with Gasteiger partial charge in [0, 0.05) is 56.2 Å². The number of hydrogen-bond acceptors (Lipinski definition) is 14. The summed E-state index contributed by atoms with van der Waals surface area (Å²) in [6.45, 7) is 18.4. The van der Waals surface area contributed by atoms with Gasteiger partial charge in [-0.05, 0) is 117 Å². The third kappa shape index (κ3) is 21.7. The van der Waals surface area contributed by atoms with Crippen molar-refractivity contribution in [3.63, 3.8) is 0 Å². The minimum Gasteiger partial charge on any atom is -0.445 e.